The molecule has 0 fully saturated rings. The van der Waals surface area contributed by atoms with Gasteiger partial charge < -0.3 is 20.1 Å². The molecule has 0 saturated carbocycles. The van der Waals surface area contributed by atoms with Gasteiger partial charge in [-0.1, -0.05) is 24.3 Å². The van der Waals surface area contributed by atoms with Crippen LogP contribution in [0.3, 0.4) is 0 Å². The van der Waals surface area contributed by atoms with Gasteiger partial charge in [-0.05, 0) is 24.1 Å². The number of benzene rings is 1. The molecule has 25 heavy (non-hydrogen) atoms. The van der Waals surface area contributed by atoms with Crippen LogP contribution in [0.2, 0.25) is 0 Å². The molecule has 1 heterocycles. The molecule has 0 bridgehead atoms. The Balaban J connectivity index is 0.00000312. The average molecular weight is 456 g/mol. The van der Waals surface area contributed by atoms with Gasteiger partial charge in [0.2, 0.25) is 5.88 Å². The number of rotatable bonds is 7. The van der Waals surface area contributed by atoms with Crippen molar-refractivity contribution < 1.29 is 9.47 Å². The van der Waals surface area contributed by atoms with Gasteiger partial charge in [-0.3, -0.25) is 4.99 Å². The third-order valence-corrected chi connectivity index (χ3v) is 3.53. The minimum Gasteiger partial charge on any atom is -0.496 e. The molecule has 0 aliphatic rings. The maximum Gasteiger partial charge on any atom is 0.213 e. The Kier molecular flexibility index (Phi) is 9.68. The van der Waals surface area contributed by atoms with Crippen LogP contribution in [0.1, 0.15) is 11.3 Å². The molecule has 2 aromatic rings. The predicted octanol–water partition coefficient (Wildman–Crippen LogP) is 2.62. The minimum absolute atomic E-state index is 0. The zero-order valence-corrected chi connectivity index (χ0v) is 17.1. The van der Waals surface area contributed by atoms with Gasteiger partial charge in [-0.15, -0.1) is 24.0 Å². The molecule has 0 spiro atoms. The van der Waals surface area contributed by atoms with Crippen molar-refractivity contribution >= 4 is 29.9 Å². The standard InChI is InChI=1S/C18H24N4O2.HI/c1-19-18(21-13-15-8-6-10-17(22-15)24-3)20-12-11-14-7-4-5-9-16(14)23-2;/h4-10H,11-13H2,1-3H3,(H2,19,20,21);1H. The fraction of sp³-hybridized carbons (Fsp3) is 0.333. The summed E-state index contributed by atoms with van der Waals surface area (Å²) in [5.74, 6) is 2.24. The number of halogens is 1. The summed E-state index contributed by atoms with van der Waals surface area (Å²) in [6.07, 6.45) is 0.849. The summed E-state index contributed by atoms with van der Waals surface area (Å²) in [7, 11) is 5.04. The van der Waals surface area contributed by atoms with Crippen molar-refractivity contribution in [2.45, 2.75) is 13.0 Å². The molecule has 2 rings (SSSR count). The first-order chi connectivity index (χ1) is 11.8. The van der Waals surface area contributed by atoms with Gasteiger partial charge in [0.25, 0.3) is 0 Å². The van der Waals surface area contributed by atoms with E-state index in [4.69, 9.17) is 9.47 Å². The van der Waals surface area contributed by atoms with Crippen molar-refractivity contribution in [3.05, 3.63) is 53.7 Å². The number of guanidine groups is 1. The highest BCUT2D eigenvalue weighted by atomic mass is 127. The number of aromatic nitrogens is 1. The summed E-state index contributed by atoms with van der Waals surface area (Å²) in [6, 6.07) is 13.7. The fourth-order valence-electron chi connectivity index (χ4n) is 2.29. The van der Waals surface area contributed by atoms with Gasteiger partial charge in [0.05, 0.1) is 26.5 Å². The fourth-order valence-corrected chi connectivity index (χ4v) is 2.29. The highest BCUT2D eigenvalue weighted by Crippen LogP contribution is 2.17. The molecule has 0 aliphatic carbocycles. The zero-order chi connectivity index (χ0) is 17.2. The second kappa shape index (κ2) is 11.5. The molecule has 6 nitrogen and oxygen atoms in total. The van der Waals surface area contributed by atoms with Crippen molar-refractivity contribution in [3.63, 3.8) is 0 Å². The van der Waals surface area contributed by atoms with Crippen LogP contribution in [0.5, 0.6) is 11.6 Å². The SMILES string of the molecule is CN=C(NCCc1ccccc1OC)NCc1cccc(OC)n1.I. The number of hydrogen-bond acceptors (Lipinski definition) is 4. The Morgan fingerprint density at radius 1 is 1.04 bits per heavy atom. The number of nitrogens with one attached hydrogen (secondary N) is 2. The van der Waals surface area contributed by atoms with Crippen LogP contribution in [0.25, 0.3) is 0 Å². The third kappa shape index (κ3) is 6.77. The van der Waals surface area contributed by atoms with Crippen LogP contribution in [-0.2, 0) is 13.0 Å². The van der Waals surface area contributed by atoms with Gasteiger partial charge in [-0.25, -0.2) is 4.98 Å². The second-order valence-corrected chi connectivity index (χ2v) is 5.09. The maximum absolute atomic E-state index is 5.36. The predicted molar refractivity (Wildman–Crippen MR) is 111 cm³/mol. The second-order valence-electron chi connectivity index (χ2n) is 5.09. The van der Waals surface area contributed by atoms with E-state index in [-0.39, 0.29) is 24.0 Å². The molecule has 0 saturated heterocycles. The van der Waals surface area contributed by atoms with Gasteiger partial charge in [-0.2, -0.15) is 0 Å². The molecule has 0 unspecified atom stereocenters. The van der Waals surface area contributed by atoms with E-state index >= 15 is 0 Å². The Morgan fingerprint density at radius 2 is 1.84 bits per heavy atom. The van der Waals surface area contributed by atoms with Crippen LogP contribution in [0, 0.1) is 0 Å². The molecule has 1 aromatic heterocycles. The lowest BCUT2D eigenvalue weighted by atomic mass is 10.1. The number of ether oxygens (including phenoxy) is 2. The summed E-state index contributed by atoms with van der Waals surface area (Å²) in [4.78, 5) is 8.59. The molecule has 2 N–H and O–H groups in total. The topological polar surface area (TPSA) is 67.8 Å². The summed E-state index contributed by atoms with van der Waals surface area (Å²) in [5.41, 5.74) is 2.06. The van der Waals surface area contributed by atoms with Crippen molar-refractivity contribution in [3.8, 4) is 11.6 Å². The molecule has 0 amide bonds. The Labute approximate surface area is 166 Å². The first-order valence-corrected chi connectivity index (χ1v) is 7.83. The summed E-state index contributed by atoms with van der Waals surface area (Å²) in [5, 5.41) is 6.53. The monoisotopic (exact) mass is 456 g/mol. The van der Waals surface area contributed by atoms with Crippen LogP contribution in [0.15, 0.2) is 47.5 Å². The maximum atomic E-state index is 5.36. The van der Waals surface area contributed by atoms with E-state index in [0.29, 0.717) is 12.4 Å². The summed E-state index contributed by atoms with van der Waals surface area (Å²) < 4.78 is 10.5. The van der Waals surface area contributed by atoms with Crippen molar-refractivity contribution in [2.24, 2.45) is 4.99 Å². The van der Waals surface area contributed by atoms with E-state index < -0.39 is 0 Å². The van der Waals surface area contributed by atoms with E-state index in [1.54, 1.807) is 21.3 Å². The molecule has 7 heteroatoms. The number of para-hydroxylation sites is 1. The Bertz CT molecular complexity index is 680. The van der Waals surface area contributed by atoms with Gasteiger partial charge in [0.1, 0.15) is 5.75 Å². The Morgan fingerprint density at radius 3 is 2.56 bits per heavy atom. The molecule has 0 aliphatic heterocycles. The smallest absolute Gasteiger partial charge is 0.213 e. The van der Waals surface area contributed by atoms with E-state index in [1.165, 1.54) is 0 Å². The number of aliphatic imine (C=N–C) groups is 1. The van der Waals surface area contributed by atoms with Crippen molar-refractivity contribution in [1.82, 2.24) is 15.6 Å². The first-order valence-electron chi connectivity index (χ1n) is 7.83. The van der Waals surface area contributed by atoms with E-state index in [1.807, 2.05) is 36.4 Å². The lowest BCUT2D eigenvalue weighted by molar-refractivity contribution is 0.396. The molecular formula is C18H25IN4O2. The first kappa shape index (κ1) is 21.0. The van der Waals surface area contributed by atoms with E-state index in [2.05, 4.69) is 26.7 Å². The number of nitrogens with zero attached hydrogens (tertiary/aromatic N) is 2. The molecule has 0 atom stereocenters. The summed E-state index contributed by atoms with van der Waals surface area (Å²) >= 11 is 0. The van der Waals surface area contributed by atoms with Gasteiger partial charge >= 0.3 is 0 Å². The lowest BCUT2D eigenvalue weighted by Gasteiger charge is -2.13. The molecule has 0 radical (unpaired) electrons. The molecule has 136 valence electrons. The third-order valence-electron chi connectivity index (χ3n) is 3.53. The average Bonchev–Trinajstić information content (AvgIpc) is 2.65. The minimum atomic E-state index is 0. The zero-order valence-electron chi connectivity index (χ0n) is 14.8. The highest BCUT2D eigenvalue weighted by Gasteiger charge is 2.03. The number of methoxy groups -OCH3 is 2. The molecular weight excluding hydrogens is 431 g/mol. The van der Waals surface area contributed by atoms with E-state index in [9.17, 15) is 0 Å². The van der Waals surface area contributed by atoms with Gasteiger partial charge in [0.15, 0.2) is 5.96 Å². The van der Waals surface area contributed by atoms with Crippen LogP contribution in [-0.4, -0.2) is 38.8 Å². The quantitative estimate of drug-likeness (QED) is 0.381. The van der Waals surface area contributed by atoms with E-state index in [0.717, 1.165) is 35.9 Å². The van der Waals surface area contributed by atoms with Crippen molar-refractivity contribution in [2.75, 3.05) is 27.8 Å². The molecule has 1 aromatic carbocycles. The van der Waals surface area contributed by atoms with Crippen LogP contribution < -0.4 is 20.1 Å². The largest absolute Gasteiger partial charge is 0.496 e. The number of hydrogen-bond donors (Lipinski definition) is 2. The van der Waals surface area contributed by atoms with Gasteiger partial charge in [0, 0.05) is 19.7 Å². The van der Waals surface area contributed by atoms with Crippen LogP contribution >= 0.6 is 24.0 Å². The van der Waals surface area contributed by atoms with Crippen LogP contribution in [0.4, 0.5) is 0 Å². The van der Waals surface area contributed by atoms with Crippen molar-refractivity contribution in [1.29, 1.82) is 0 Å². The summed E-state index contributed by atoms with van der Waals surface area (Å²) in [6.45, 7) is 1.33. The normalized spacial score (nSPS) is 10.6. The number of pyridine rings is 1. The highest BCUT2D eigenvalue weighted by molar-refractivity contribution is 14.0. The Hall–Kier alpha value is -2.03. The lowest BCUT2D eigenvalue weighted by Crippen LogP contribution is -2.38.